The summed E-state index contributed by atoms with van der Waals surface area (Å²) in [6.45, 7) is 6.75. The molecule has 0 radical (unpaired) electrons. The van der Waals surface area contributed by atoms with Crippen LogP contribution in [0.1, 0.15) is 12.8 Å². The molecular weight excluding hydrogens is 166 g/mol. The van der Waals surface area contributed by atoms with Crippen LogP contribution in [-0.2, 0) is 14.3 Å². The maximum absolute atomic E-state index is 10.5. The van der Waals surface area contributed by atoms with Crippen molar-refractivity contribution in [3.05, 3.63) is 11.4 Å². The van der Waals surface area contributed by atoms with Crippen LogP contribution < -0.4 is 0 Å². The molecule has 11 heavy (non-hydrogen) atoms. The Morgan fingerprint density at radius 3 is 2.45 bits per heavy atom. The molecule has 62 valence electrons. The predicted octanol–water partition coefficient (Wildman–Crippen LogP) is 0.414. The summed E-state index contributed by atoms with van der Waals surface area (Å²) in [5.41, 5.74) is -0.511. The van der Waals surface area contributed by atoms with E-state index in [1.54, 1.807) is 0 Å². The molecule has 1 rings (SSSR count). The monoisotopic (exact) mass is 175 g/mol. The highest BCUT2D eigenvalue weighted by Gasteiger charge is 2.51. The predicted molar refractivity (Wildman–Crippen MR) is 39.4 cm³/mol. The van der Waals surface area contributed by atoms with Crippen molar-refractivity contribution in [3.63, 3.8) is 0 Å². The smallest absolute Gasteiger partial charge is 0.264 e. The van der Waals surface area contributed by atoms with E-state index < -0.39 is 15.7 Å². The van der Waals surface area contributed by atoms with Crippen LogP contribution >= 0.6 is 0 Å². The summed E-state index contributed by atoms with van der Waals surface area (Å²) in [4.78, 5) is 3.30. The fraction of sp³-hybridized carbons (Fsp3) is 0.833. The summed E-state index contributed by atoms with van der Waals surface area (Å²) < 4.78 is 25.5. The van der Waals surface area contributed by atoms with E-state index in [2.05, 4.69) is 9.03 Å². The van der Waals surface area contributed by atoms with Crippen molar-refractivity contribution >= 4 is 10.1 Å². The van der Waals surface area contributed by atoms with Gasteiger partial charge in [0.05, 0.1) is 6.26 Å². The SMILES string of the molecule is [C-]#[N+]C1(COS(C)(=O)=O)CC1. The van der Waals surface area contributed by atoms with Gasteiger partial charge < -0.3 is 4.85 Å². The zero-order valence-electron chi connectivity index (χ0n) is 6.20. The first kappa shape index (κ1) is 8.50. The molecule has 0 unspecified atom stereocenters. The Hall–Kier alpha value is -0.600. The molecule has 0 aromatic carbocycles. The Morgan fingerprint density at radius 1 is 1.64 bits per heavy atom. The highest BCUT2D eigenvalue weighted by molar-refractivity contribution is 7.85. The summed E-state index contributed by atoms with van der Waals surface area (Å²) in [5, 5.41) is 0. The average molecular weight is 175 g/mol. The van der Waals surface area contributed by atoms with Crippen LogP contribution in [-0.4, -0.2) is 26.8 Å². The van der Waals surface area contributed by atoms with Gasteiger partial charge in [-0.15, -0.1) is 0 Å². The summed E-state index contributed by atoms with van der Waals surface area (Å²) >= 11 is 0. The Kier molecular flexibility index (Phi) is 1.90. The number of nitrogens with zero attached hydrogens (tertiary/aromatic N) is 1. The lowest BCUT2D eigenvalue weighted by atomic mass is 10.3. The molecule has 5 heteroatoms. The van der Waals surface area contributed by atoms with Crippen molar-refractivity contribution in [2.45, 2.75) is 18.4 Å². The summed E-state index contributed by atoms with van der Waals surface area (Å²) in [6, 6.07) is 0. The molecule has 0 atom stereocenters. The zero-order chi connectivity index (χ0) is 8.54. The topological polar surface area (TPSA) is 47.7 Å². The van der Waals surface area contributed by atoms with Gasteiger partial charge in [-0.2, -0.15) is 8.42 Å². The average Bonchev–Trinajstić information content (AvgIpc) is 2.63. The Labute approximate surface area is 66.1 Å². The first-order chi connectivity index (χ1) is 4.97. The quantitative estimate of drug-likeness (QED) is 0.461. The van der Waals surface area contributed by atoms with Crippen molar-refractivity contribution in [2.75, 3.05) is 12.9 Å². The highest BCUT2D eigenvalue weighted by Crippen LogP contribution is 2.40. The van der Waals surface area contributed by atoms with E-state index in [9.17, 15) is 8.42 Å². The third kappa shape index (κ3) is 2.48. The van der Waals surface area contributed by atoms with Crippen LogP contribution in [0.5, 0.6) is 0 Å². The van der Waals surface area contributed by atoms with Crippen LogP contribution in [0.15, 0.2) is 0 Å². The van der Waals surface area contributed by atoms with Gasteiger partial charge in [-0.1, -0.05) is 0 Å². The van der Waals surface area contributed by atoms with Gasteiger partial charge in [0, 0.05) is 12.8 Å². The van der Waals surface area contributed by atoms with Crippen LogP contribution in [0.25, 0.3) is 4.85 Å². The number of rotatable bonds is 3. The van der Waals surface area contributed by atoms with Crippen molar-refractivity contribution in [1.29, 1.82) is 0 Å². The molecule has 0 heterocycles. The van der Waals surface area contributed by atoms with Crippen molar-refractivity contribution in [3.8, 4) is 0 Å². The van der Waals surface area contributed by atoms with Crippen molar-refractivity contribution in [2.24, 2.45) is 0 Å². The van der Waals surface area contributed by atoms with Gasteiger partial charge in [-0.25, -0.2) is 6.57 Å². The van der Waals surface area contributed by atoms with Crippen molar-refractivity contribution < 1.29 is 12.6 Å². The normalized spacial score (nSPS) is 20.7. The van der Waals surface area contributed by atoms with Crippen molar-refractivity contribution in [1.82, 2.24) is 0 Å². The van der Waals surface area contributed by atoms with E-state index in [4.69, 9.17) is 6.57 Å². The van der Waals surface area contributed by atoms with E-state index in [0.717, 1.165) is 19.1 Å². The maximum Gasteiger partial charge on any atom is 0.264 e. The Balaban J connectivity index is 2.41. The zero-order valence-corrected chi connectivity index (χ0v) is 7.02. The van der Waals surface area contributed by atoms with Gasteiger partial charge in [0.15, 0.2) is 0 Å². The second kappa shape index (κ2) is 2.47. The molecule has 0 spiro atoms. The molecule has 0 saturated heterocycles. The first-order valence-corrected chi connectivity index (χ1v) is 5.02. The largest absolute Gasteiger partial charge is 0.308 e. The van der Waals surface area contributed by atoms with Crippen LogP contribution in [0.3, 0.4) is 0 Å². The second-order valence-corrected chi connectivity index (χ2v) is 4.45. The molecule has 1 fully saturated rings. The third-order valence-electron chi connectivity index (χ3n) is 1.61. The fourth-order valence-corrected chi connectivity index (χ4v) is 1.08. The van der Waals surface area contributed by atoms with Crippen LogP contribution in [0.4, 0.5) is 0 Å². The molecular formula is C6H9NO3S. The first-order valence-electron chi connectivity index (χ1n) is 3.20. The van der Waals surface area contributed by atoms with Gasteiger partial charge in [0.2, 0.25) is 0 Å². The van der Waals surface area contributed by atoms with Crippen LogP contribution in [0, 0.1) is 6.57 Å². The third-order valence-corrected chi connectivity index (χ3v) is 2.15. The number of hydrogen-bond acceptors (Lipinski definition) is 3. The molecule has 4 nitrogen and oxygen atoms in total. The highest BCUT2D eigenvalue weighted by atomic mass is 32.2. The van der Waals surface area contributed by atoms with E-state index in [0.29, 0.717) is 0 Å². The van der Waals surface area contributed by atoms with E-state index >= 15 is 0 Å². The van der Waals surface area contributed by atoms with Gasteiger partial charge in [-0.3, -0.25) is 4.18 Å². The lowest BCUT2D eigenvalue weighted by molar-refractivity contribution is 0.302. The van der Waals surface area contributed by atoms with E-state index in [1.165, 1.54) is 0 Å². The molecule has 0 aromatic heterocycles. The van der Waals surface area contributed by atoms with Gasteiger partial charge in [-0.05, 0) is 0 Å². The second-order valence-electron chi connectivity index (χ2n) is 2.80. The maximum atomic E-state index is 10.5. The van der Waals surface area contributed by atoms with Crippen LogP contribution in [0.2, 0.25) is 0 Å². The number of hydrogen-bond donors (Lipinski definition) is 0. The summed E-state index contributed by atoms with van der Waals surface area (Å²) in [7, 11) is -3.37. The van der Waals surface area contributed by atoms with Gasteiger partial charge in [0.1, 0.15) is 6.61 Å². The minimum atomic E-state index is -3.37. The molecule has 0 N–H and O–H groups in total. The summed E-state index contributed by atoms with van der Waals surface area (Å²) in [6.07, 6.45) is 2.51. The minimum Gasteiger partial charge on any atom is -0.308 e. The lowest BCUT2D eigenvalue weighted by Crippen LogP contribution is -2.15. The summed E-state index contributed by atoms with van der Waals surface area (Å²) in [5.74, 6) is 0. The molecule has 1 saturated carbocycles. The fourth-order valence-electron chi connectivity index (χ4n) is 0.649. The lowest BCUT2D eigenvalue weighted by Gasteiger charge is -2.00. The molecule has 0 amide bonds. The molecule has 0 aliphatic heterocycles. The molecule has 1 aliphatic carbocycles. The molecule has 1 aliphatic rings. The Morgan fingerprint density at radius 2 is 2.18 bits per heavy atom. The minimum absolute atomic E-state index is 0.0231. The van der Waals surface area contributed by atoms with E-state index in [-0.39, 0.29) is 6.61 Å². The van der Waals surface area contributed by atoms with E-state index in [1.807, 2.05) is 0 Å². The standard InChI is InChI=1S/C6H9NO3S/c1-7-6(3-4-6)5-10-11(2,8)9/h3-5H2,2H3. The van der Waals surface area contributed by atoms with Gasteiger partial charge >= 0.3 is 0 Å². The molecule has 0 aromatic rings. The van der Waals surface area contributed by atoms with Gasteiger partial charge in [0.25, 0.3) is 15.7 Å². The Bertz CT molecular complexity index is 283. The molecule has 0 bridgehead atoms.